The second kappa shape index (κ2) is 24.5. The molecule has 0 rings (SSSR count). The van der Waals surface area contributed by atoms with E-state index in [2.05, 4.69) is 35.3 Å². The molecule has 31 heavy (non-hydrogen) atoms. The highest BCUT2D eigenvalue weighted by atomic mass is 16.6. The molecule has 0 aromatic heterocycles. The molecule has 0 aliphatic carbocycles. The summed E-state index contributed by atoms with van der Waals surface area (Å²) >= 11 is 0. The lowest BCUT2D eigenvalue weighted by Crippen LogP contribution is -2.17. The molecule has 4 nitrogen and oxygen atoms in total. The van der Waals surface area contributed by atoms with Crippen molar-refractivity contribution in [3.05, 3.63) is 0 Å². The van der Waals surface area contributed by atoms with Gasteiger partial charge in [-0.15, -0.1) is 0 Å². The van der Waals surface area contributed by atoms with E-state index in [1.165, 1.54) is 51.4 Å². The van der Waals surface area contributed by atoms with E-state index in [1.54, 1.807) is 6.92 Å². The number of hydrogen-bond donors (Lipinski definition) is 0. The number of unbranched alkanes of at least 4 members (excludes halogenated alkanes) is 14. The zero-order valence-corrected chi connectivity index (χ0v) is 20.1. The van der Waals surface area contributed by atoms with Crippen molar-refractivity contribution in [1.82, 2.24) is 0 Å². The molecule has 0 saturated heterocycles. The fourth-order valence-corrected chi connectivity index (χ4v) is 3.14. The van der Waals surface area contributed by atoms with Crippen LogP contribution in [0.5, 0.6) is 0 Å². The van der Waals surface area contributed by atoms with Crippen molar-refractivity contribution >= 4 is 11.9 Å². The highest BCUT2D eigenvalue weighted by Gasteiger charge is 2.09. The summed E-state index contributed by atoms with van der Waals surface area (Å²) in [5.41, 5.74) is 0. The first kappa shape index (κ1) is 29.2. The minimum absolute atomic E-state index is 0.157. The molecule has 4 heteroatoms. The van der Waals surface area contributed by atoms with Crippen LogP contribution in [-0.4, -0.2) is 25.2 Å². The summed E-state index contributed by atoms with van der Waals surface area (Å²) in [5.74, 6) is 11.2. The molecule has 0 aromatic rings. The molecule has 0 radical (unpaired) electrons. The van der Waals surface area contributed by atoms with E-state index >= 15 is 0 Å². The van der Waals surface area contributed by atoms with Crippen LogP contribution in [0.15, 0.2) is 0 Å². The van der Waals surface area contributed by atoms with Gasteiger partial charge >= 0.3 is 11.9 Å². The largest absolute Gasteiger partial charge is 0.391 e. The number of carbonyl (C=O) groups is 2. The number of esters is 2. The Balaban J connectivity index is 3.38. The Bertz CT molecular complexity index is 559. The molecule has 0 aromatic carbocycles. The smallest absolute Gasteiger partial charge is 0.339 e. The average molecular weight is 433 g/mol. The van der Waals surface area contributed by atoms with Crippen molar-refractivity contribution in [3.8, 4) is 23.7 Å². The quantitative estimate of drug-likeness (QED) is 0.0980. The number of rotatable bonds is 19. The average Bonchev–Trinajstić information content (AvgIpc) is 2.76. The van der Waals surface area contributed by atoms with Crippen LogP contribution < -0.4 is 0 Å². The third kappa shape index (κ3) is 24.4. The van der Waals surface area contributed by atoms with Gasteiger partial charge in [-0.25, -0.2) is 4.79 Å². The molecule has 0 unspecified atom stereocenters. The standard InChI is InChI=1S/C27H44O4/c1-3-5-6-7-8-9-10-11-12-13-14-15-16-17-18-19-20-21-22-23-24-26(28)31-27(29)25-30-4-2/h3-12,17-25H2,1-2H3. The van der Waals surface area contributed by atoms with Gasteiger partial charge in [-0.2, -0.15) is 0 Å². The van der Waals surface area contributed by atoms with Gasteiger partial charge in [0.05, 0.1) is 0 Å². The van der Waals surface area contributed by atoms with Gasteiger partial charge < -0.3 is 9.47 Å². The van der Waals surface area contributed by atoms with Crippen molar-refractivity contribution < 1.29 is 19.1 Å². The van der Waals surface area contributed by atoms with Crippen molar-refractivity contribution in [2.75, 3.05) is 13.2 Å². The second-order valence-electron chi connectivity index (χ2n) is 7.93. The maximum Gasteiger partial charge on any atom is 0.339 e. The molecule has 0 saturated carbocycles. The van der Waals surface area contributed by atoms with Crippen molar-refractivity contribution in [2.45, 2.75) is 123 Å². The zero-order valence-electron chi connectivity index (χ0n) is 20.1. The van der Waals surface area contributed by atoms with E-state index in [4.69, 9.17) is 4.74 Å². The fourth-order valence-electron chi connectivity index (χ4n) is 3.14. The van der Waals surface area contributed by atoms with Gasteiger partial charge in [-0.1, -0.05) is 89.4 Å². The molecule has 0 atom stereocenters. The molecule has 0 N–H and O–H groups in total. The minimum Gasteiger partial charge on any atom is -0.391 e. The van der Waals surface area contributed by atoms with E-state index in [9.17, 15) is 9.59 Å². The highest BCUT2D eigenvalue weighted by Crippen LogP contribution is 2.10. The van der Waals surface area contributed by atoms with Gasteiger partial charge in [0.1, 0.15) is 6.61 Å². The molecular formula is C27H44O4. The number of hydrogen-bond acceptors (Lipinski definition) is 4. The Hall–Kier alpha value is -1.78. The predicted octanol–water partition coefficient (Wildman–Crippen LogP) is 6.75. The third-order valence-corrected chi connectivity index (χ3v) is 4.98. The second-order valence-corrected chi connectivity index (χ2v) is 7.93. The van der Waals surface area contributed by atoms with Gasteiger partial charge in [0.25, 0.3) is 0 Å². The van der Waals surface area contributed by atoms with E-state index in [0.29, 0.717) is 13.0 Å². The van der Waals surface area contributed by atoms with Crippen LogP contribution in [0.2, 0.25) is 0 Å². The summed E-state index contributed by atoms with van der Waals surface area (Å²) in [7, 11) is 0. The van der Waals surface area contributed by atoms with Crippen LogP contribution >= 0.6 is 0 Å². The Kier molecular flexibility index (Phi) is 23.1. The van der Waals surface area contributed by atoms with Gasteiger partial charge in [0.15, 0.2) is 0 Å². The molecule has 0 fully saturated rings. The number of carbonyl (C=O) groups excluding carboxylic acids is 2. The van der Waals surface area contributed by atoms with E-state index in [-0.39, 0.29) is 6.61 Å². The lowest BCUT2D eigenvalue weighted by atomic mass is 10.1. The van der Waals surface area contributed by atoms with Gasteiger partial charge in [-0.3, -0.25) is 4.79 Å². The molecule has 0 aliphatic heterocycles. The van der Waals surface area contributed by atoms with E-state index in [0.717, 1.165) is 51.4 Å². The molecule has 0 bridgehead atoms. The molecule has 176 valence electrons. The van der Waals surface area contributed by atoms with Crippen LogP contribution in [0.25, 0.3) is 0 Å². The maximum atomic E-state index is 11.5. The highest BCUT2D eigenvalue weighted by molar-refractivity contribution is 5.85. The summed E-state index contributed by atoms with van der Waals surface area (Å²) in [4.78, 5) is 22.7. The molecule has 0 amide bonds. The first-order valence-electron chi connectivity index (χ1n) is 12.5. The fraction of sp³-hybridized carbons (Fsp3) is 0.778. The van der Waals surface area contributed by atoms with Gasteiger partial charge in [0.2, 0.25) is 0 Å². The van der Waals surface area contributed by atoms with Crippen LogP contribution in [0, 0.1) is 23.7 Å². The lowest BCUT2D eigenvalue weighted by Gasteiger charge is -2.03. The summed E-state index contributed by atoms with van der Waals surface area (Å²) in [6, 6.07) is 0. The van der Waals surface area contributed by atoms with Gasteiger partial charge in [0, 0.05) is 25.9 Å². The molecule has 0 spiro atoms. The monoisotopic (exact) mass is 432 g/mol. The Morgan fingerprint density at radius 3 is 1.61 bits per heavy atom. The Labute approximate surface area is 191 Å². The van der Waals surface area contributed by atoms with Crippen molar-refractivity contribution in [3.63, 3.8) is 0 Å². The Morgan fingerprint density at radius 1 is 0.613 bits per heavy atom. The maximum absolute atomic E-state index is 11.5. The van der Waals surface area contributed by atoms with Crippen molar-refractivity contribution in [2.24, 2.45) is 0 Å². The van der Waals surface area contributed by atoms with Crippen LogP contribution in [0.1, 0.15) is 123 Å². The summed E-state index contributed by atoms with van der Waals surface area (Å²) in [6.07, 6.45) is 19.1. The summed E-state index contributed by atoms with van der Waals surface area (Å²) < 4.78 is 9.56. The first-order chi connectivity index (χ1) is 15.2. The first-order valence-corrected chi connectivity index (χ1v) is 12.5. The van der Waals surface area contributed by atoms with Crippen LogP contribution in [-0.2, 0) is 19.1 Å². The van der Waals surface area contributed by atoms with Crippen LogP contribution in [0.4, 0.5) is 0 Å². The third-order valence-electron chi connectivity index (χ3n) is 4.98. The van der Waals surface area contributed by atoms with Crippen molar-refractivity contribution in [1.29, 1.82) is 0 Å². The molecule has 0 aliphatic rings. The normalized spacial score (nSPS) is 10.0. The minimum atomic E-state index is -0.606. The number of ether oxygens (including phenoxy) is 2. The van der Waals surface area contributed by atoms with E-state index in [1.807, 2.05) is 0 Å². The lowest BCUT2D eigenvalue weighted by molar-refractivity contribution is -0.162. The topological polar surface area (TPSA) is 52.6 Å². The van der Waals surface area contributed by atoms with Gasteiger partial charge in [-0.05, 0) is 38.0 Å². The Morgan fingerprint density at radius 2 is 1.10 bits per heavy atom. The molecular weight excluding hydrogens is 388 g/mol. The van der Waals surface area contributed by atoms with Crippen LogP contribution in [0.3, 0.4) is 0 Å². The summed E-state index contributed by atoms with van der Waals surface area (Å²) in [5, 5.41) is 0. The molecule has 0 heterocycles. The SMILES string of the molecule is CCCCCCCCCCC#CC#CCCCCCCCCC(=O)OC(=O)COCC. The van der Waals surface area contributed by atoms with E-state index < -0.39 is 11.9 Å². The predicted molar refractivity (Wildman–Crippen MR) is 127 cm³/mol. The zero-order chi connectivity index (χ0) is 22.8. The summed E-state index contributed by atoms with van der Waals surface area (Å²) in [6.45, 7) is 4.32.